The number of nitrogens with zero attached hydrogens (tertiary/aromatic N) is 1. The summed E-state index contributed by atoms with van der Waals surface area (Å²) < 4.78 is 0. The molecular weight excluding hydrogens is 633 g/mol. The van der Waals surface area contributed by atoms with Crippen molar-refractivity contribution in [2.45, 2.75) is 84.2 Å². The summed E-state index contributed by atoms with van der Waals surface area (Å²) in [5.74, 6) is 0.931. The van der Waals surface area contributed by atoms with Crippen molar-refractivity contribution < 1.29 is 5.11 Å². The Hall–Kier alpha value is -4.52. The number of anilines is 2. The van der Waals surface area contributed by atoms with Crippen LogP contribution in [0.4, 0.5) is 11.4 Å². The van der Waals surface area contributed by atoms with Crippen LogP contribution >= 0.6 is 11.8 Å². The smallest absolute Gasteiger partial charge is 0.131 e. The lowest BCUT2D eigenvalue weighted by Crippen LogP contribution is -2.34. The van der Waals surface area contributed by atoms with E-state index in [0.29, 0.717) is 0 Å². The van der Waals surface area contributed by atoms with Crippen LogP contribution in [0.1, 0.15) is 79.0 Å². The van der Waals surface area contributed by atoms with Crippen LogP contribution in [0.15, 0.2) is 149 Å². The molecule has 4 aromatic carbocycles. The Morgan fingerprint density at radius 1 is 0.860 bits per heavy atom. The maximum absolute atomic E-state index is 8.60. The molecule has 3 unspecified atom stereocenters. The first-order valence-electron chi connectivity index (χ1n) is 18.0. The summed E-state index contributed by atoms with van der Waals surface area (Å²) in [4.78, 5) is 6.52. The Morgan fingerprint density at radius 2 is 1.54 bits per heavy atom. The van der Waals surface area contributed by atoms with Crippen molar-refractivity contribution in [3.05, 3.63) is 150 Å². The molecule has 3 heterocycles. The maximum Gasteiger partial charge on any atom is 0.131 e. The van der Waals surface area contributed by atoms with Gasteiger partial charge in [0.15, 0.2) is 0 Å². The van der Waals surface area contributed by atoms with Crippen LogP contribution in [0.5, 0.6) is 0 Å². The van der Waals surface area contributed by atoms with Crippen LogP contribution in [0.3, 0.4) is 0 Å². The van der Waals surface area contributed by atoms with E-state index in [0.717, 1.165) is 30.1 Å². The SMILES string of the molecule is C/C=C\C.C1=C(C2=NC(c3ccccc3)c3ccc4ccccc4c3N2)CNC(C2Nc3ccccc3S2)=C1.CC.CC.CC/C=C\C(C)O. The van der Waals surface area contributed by atoms with Crippen LogP contribution in [-0.2, 0) is 0 Å². The van der Waals surface area contributed by atoms with Crippen LogP contribution in [-0.4, -0.2) is 29.0 Å². The fraction of sp³-hybridized carbons (Fsp3) is 0.295. The number of amidine groups is 1. The average Bonchev–Trinajstić information content (AvgIpc) is 3.63. The molecule has 0 spiro atoms. The molecule has 0 bridgehead atoms. The highest BCUT2D eigenvalue weighted by molar-refractivity contribution is 8.00. The predicted octanol–water partition coefficient (Wildman–Crippen LogP) is 11.7. The highest BCUT2D eigenvalue weighted by atomic mass is 32.2. The van der Waals surface area contributed by atoms with Crippen molar-refractivity contribution in [3.63, 3.8) is 0 Å². The highest BCUT2D eigenvalue weighted by Crippen LogP contribution is 2.42. The van der Waals surface area contributed by atoms with Gasteiger partial charge in [0.1, 0.15) is 17.3 Å². The molecule has 0 saturated heterocycles. The van der Waals surface area contributed by atoms with E-state index < -0.39 is 0 Å². The lowest BCUT2D eigenvalue weighted by molar-refractivity contribution is 0.244. The van der Waals surface area contributed by atoms with Gasteiger partial charge in [0.25, 0.3) is 0 Å². The van der Waals surface area contributed by atoms with Crippen LogP contribution in [0.25, 0.3) is 10.8 Å². The predicted molar refractivity (Wildman–Crippen MR) is 221 cm³/mol. The summed E-state index contributed by atoms with van der Waals surface area (Å²) in [5.41, 5.74) is 7.12. The second-order valence-electron chi connectivity index (χ2n) is 11.2. The van der Waals surface area contributed by atoms with Gasteiger partial charge in [-0.2, -0.15) is 0 Å². The highest BCUT2D eigenvalue weighted by Gasteiger charge is 2.29. The molecule has 6 heteroatoms. The Morgan fingerprint density at radius 3 is 2.16 bits per heavy atom. The van der Waals surface area contributed by atoms with Crippen LogP contribution < -0.4 is 16.0 Å². The number of para-hydroxylation sites is 1. The van der Waals surface area contributed by atoms with E-state index in [-0.39, 0.29) is 17.5 Å². The number of benzene rings is 4. The number of nitrogens with one attached hydrogen (secondary N) is 3. The molecule has 0 aromatic heterocycles. The van der Waals surface area contributed by atoms with Gasteiger partial charge < -0.3 is 21.1 Å². The molecule has 3 atom stereocenters. The molecular formula is C44H56N4OS. The molecule has 4 N–H and O–H groups in total. The van der Waals surface area contributed by atoms with E-state index in [2.05, 4.69) is 119 Å². The van der Waals surface area contributed by atoms with E-state index in [9.17, 15) is 0 Å². The normalized spacial score (nSPS) is 17.4. The first-order chi connectivity index (χ1) is 24.5. The lowest BCUT2D eigenvalue weighted by Gasteiger charge is -2.29. The average molecular weight is 689 g/mol. The van der Waals surface area contributed by atoms with Gasteiger partial charge in [0.2, 0.25) is 0 Å². The molecule has 0 saturated carbocycles. The molecule has 3 aliphatic rings. The van der Waals surface area contributed by atoms with Gasteiger partial charge in [0, 0.05) is 39.3 Å². The number of thioether (sulfide) groups is 1. The van der Waals surface area contributed by atoms with Crippen molar-refractivity contribution in [1.29, 1.82) is 0 Å². The summed E-state index contributed by atoms with van der Waals surface area (Å²) in [6.45, 7) is 16.5. The van der Waals surface area contributed by atoms with Crippen molar-refractivity contribution >= 4 is 39.7 Å². The van der Waals surface area contributed by atoms with Crippen molar-refractivity contribution in [2.24, 2.45) is 4.99 Å². The number of hydrogen-bond acceptors (Lipinski definition) is 6. The van der Waals surface area contributed by atoms with Crippen molar-refractivity contribution in [2.75, 3.05) is 17.2 Å². The lowest BCUT2D eigenvalue weighted by atomic mass is 9.92. The second kappa shape index (κ2) is 21.5. The first-order valence-corrected chi connectivity index (χ1v) is 18.9. The monoisotopic (exact) mass is 688 g/mol. The van der Waals surface area contributed by atoms with Gasteiger partial charge >= 0.3 is 0 Å². The Bertz CT molecular complexity index is 1740. The minimum Gasteiger partial charge on any atom is -0.389 e. The van der Waals surface area contributed by atoms with Gasteiger partial charge in [-0.25, -0.2) is 0 Å². The van der Waals surface area contributed by atoms with E-state index in [4.69, 9.17) is 10.1 Å². The second-order valence-corrected chi connectivity index (χ2v) is 12.4. The third kappa shape index (κ3) is 10.7. The maximum atomic E-state index is 8.60. The summed E-state index contributed by atoms with van der Waals surface area (Å²) in [6, 6.07) is 32.0. The molecule has 0 fully saturated rings. The molecule has 50 heavy (non-hydrogen) atoms. The number of aliphatic hydroxyl groups excluding tert-OH is 1. The van der Waals surface area contributed by atoms with Gasteiger partial charge in [-0.15, -0.1) is 0 Å². The largest absolute Gasteiger partial charge is 0.389 e. The van der Waals surface area contributed by atoms with Gasteiger partial charge in [-0.1, -0.05) is 156 Å². The molecule has 0 radical (unpaired) electrons. The Labute approximate surface area is 305 Å². The number of rotatable bonds is 5. The number of fused-ring (bicyclic) bond motifs is 4. The summed E-state index contributed by atoms with van der Waals surface area (Å²) in [5, 5.41) is 22.2. The molecule has 3 aliphatic heterocycles. The van der Waals surface area contributed by atoms with Gasteiger partial charge in [-0.05, 0) is 56.4 Å². The molecule has 0 amide bonds. The van der Waals surface area contributed by atoms with Gasteiger partial charge in [0.05, 0.1) is 11.8 Å². The van der Waals surface area contributed by atoms with Crippen LogP contribution in [0, 0.1) is 0 Å². The van der Waals surface area contributed by atoms with Crippen molar-refractivity contribution in [1.82, 2.24) is 5.32 Å². The third-order valence-corrected chi connectivity index (χ3v) is 9.03. The van der Waals surface area contributed by atoms with E-state index in [1.807, 2.05) is 78.5 Å². The molecule has 264 valence electrons. The van der Waals surface area contributed by atoms with E-state index in [1.54, 1.807) is 13.0 Å². The zero-order chi connectivity index (χ0) is 36.3. The molecule has 4 aromatic rings. The van der Waals surface area contributed by atoms with E-state index >= 15 is 0 Å². The zero-order valence-electron chi connectivity index (χ0n) is 31.1. The third-order valence-electron chi connectivity index (χ3n) is 7.81. The number of hydrogen-bond donors (Lipinski definition) is 4. The number of aliphatic imine (C=N–C) groups is 1. The summed E-state index contributed by atoms with van der Waals surface area (Å²) >= 11 is 1.85. The Balaban J connectivity index is 0.000000387. The quantitative estimate of drug-likeness (QED) is 0.157. The number of dihydropyridines is 1. The topological polar surface area (TPSA) is 68.7 Å². The van der Waals surface area contributed by atoms with Crippen molar-refractivity contribution in [3.8, 4) is 0 Å². The molecule has 5 nitrogen and oxygen atoms in total. The molecule has 7 rings (SSSR count). The number of aliphatic hydroxyl groups is 1. The zero-order valence-corrected chi connectivity index (χ0v) is 31.9. The van der Waals surface area contributed by atoms with E-state index in [1.165, 1.54) is 38.2 Å². The Kier molecular flexibility index (Phi) is 17.2. The minimum absolute atomic E-state index is 0.0418. The standard InChI is InChI=1S/C30H24N4S.C6H12O.C4H8.2C2H6/c1-2-9-20(10-3-1)27-23-16-14-19-8-4-5-11-22(19)28(23)34-29(33-27)21-15-17-25(31-18-21)30-32-24-12-6-7-13-26(24)35-30;1-3-4-5-6(2)7;1-3-4-2;2*1-2/h1-17,27,30-32H,18H2,(H,33,34);4-7H,3H2,1-2H3;3-4H,1-2H3;2*1-2H3/b;5-4-;4-3-;;. The first kappa shape index (κ1) is 39.9. The molecule has 0 aliphatic carbocycles. The minimum atomic E-state index is -0.278. The van der Waals surface area contributed by atoms with Crippen LogP contribution in [0.2, 0.25) is 0 Å². The summed E-state index contributed by atoms with van der Waals surface area (Å²) in [7, 11) is 0. The number of allylic oxidation sites excluding steroid dienone is 5. The fourth-order valence-electron chi connectivity index (χ4n) is 5.37. The summed E-state index contributed by atoms with van der Waals surface area (Å²) in [6.07, 6.45) is 12.9. The fourth-order valence-corrected chi connectivity index (χ4v) is 6.51. The van der Waals surface area contributed by atoms with Gasteiger partial charge in [-0.3, -0.25) is 4.99 Å².